The van der Waals surface area contributed by atoms with Gasteiger partial charge in [0.25, 0.3) is 0 Å². The van der Waals surface area contributed by atoms with Crippen LogP contribution >= 0.6 is 0 Å². The molecule has 1 aromatic rings. The molecule has 21 heavy (non-hydrogen) atoms. The number of hydrogen-bond donors (Lipinski definition) is 0. The van der Waals surface area contributed by atoms with Gasteiger partial charge in [0.15, 0.2) is 11.5 Å². The molecule has 1 saturated heterocycles. The first-order valence-electron chi connectivity index (χ1n) is 7.23. The van der Waals surface area contributed by atoms with E-state index in [0.29, 0.717) is 35.0 Å². The zero-order valence-electron chi connectivity index (χ0n) is 12.9. The van der Waals surface area contributed by atoms with E-state index in [2.05, 4.69) is 0 Å². The Balaban J connectivity index is 2.43. The van der Waals surface area contributed by atoms with E-state index in [-0.39, 0.29) is 0 Å². The van der Waals surface area contributed by atoms with Crippen LogP contribution in [0.4, 0.5) is 0 Å². The maximum atomic E-state index is 12.9. The van der Waals surface area contributed by atoms with E-state index in [1.807, 2.05) is 0 Å². The Kier molecular flexibility index (Phi) is 5.11. The van der Waals surface area contributed by atoms with E-state index < -0.39 is 10.0 Å². The van der Waals surface area contributed by atoms with E-state index in [4.69, 9.17) is 9.47 Å². The first-order valence-corrected chi connectivity index (χ1v) is 8.67. The summed E-state index contributed by atoms with van der Waals surface area (Å²) >= 11 is 0. The summed E-state index contributed by atoms with van der Waals surface area (Å²) in [7, 11) is -0.424. The van der Waals surface area contributed by atoms with Gasteiger partial charge in [0.1, 0.15) is 0 Å². The third-order valence-electron chi connectivity index (χ3n) is 3.86. The molecule has 0 radical (unpaired) electrons. The van der Waals surface area contributed by atoms with Crippen molar-refractivity contribution in [2.45, 2.75) is 37.5 Å². The van der Waals surface area contributed by atoms with Crippen LogP contribution in [0.25, 0.3) is 0 Å². The summed E-state index contributed by atoms with van der Waals surface area (Å²) in [4.78, 5) is 0.307. The topological polar surface area (TPSA) is 55.8 Å². The molecule has 0 amide bonds. The average Bonchev–Trinajstić information content (AvgIpc) is 2.76. The SMILES string of the molecule is COc1cc(C)c(S(=O)(=O)N2CCCCCC2)cc1OC. The highest BCUT2D eigenvalue weighted by molar-refractivity contribution is 7.89. The van der Waals surface area contributed by atoms with Gasteiger partial charge in [-0.1, -0.05) is 12.8 Å². The molecule has 6 heteroatoms. The molecule has 0 bridgehead atoms. The molecule has 1 heterocycles. The second kappa shape index (κ2) is 6.66. The number of aryl methyl sites for hydroxylation is 1. The Labute approximate surface area is 126 Å². The standard InChI is InChI=1S/C15H23NO4S/c1-12-10-13(19-2)14(20-3)11-15(12)21(17,18)16-8-6-4-5-7-9-16/h10-11H,4-9H2,1-3H3. The van der Waals surface area contributed by atoms with Gasteiger partial charge in [-0.05, 0) is 31.4 Å². The third kappa shape index (κ3) is 3.32. The van der Waals surface area contributed by atoms with Crippen molar-refractivity contribution in [3.8, 4) is 11.5 Å². The third-order valence-corrected chi connectivity index (χ3v) is 5.90. The fraction of sp³-hybridized carbons (Fsp3) is 0.600. The van der Waals surface area contributed by atoms with Gasteiger partial charge in [0.2, 0.25) is 10.0 Å². The van der Waals surface area contributed by atoms with Crippen molar-refractivity contribution < 1.29 is 17.9 Å². The molecule has 0 atom stereocenters. The van der Waals surface area contributed by atoms with Crippen LogP contribution in [0, 0.1) is 6.92 Å². The van der Waals surface area contributed by atoms with Gasteiger partial charge in [0.05, 0.1) is 19.1 Å². The molecule has 0 unspecified atom stereocenters. The van der Waals surface area contributed by atoms with Crippen LogP contribution in [0.1, 0.15) is 31.2 Å². The van der Waals surface area contributed by atoms with Crippen molar-refractivity contribution in [2.75, 3.05) is 27.3 Å². The predicted molar refractivity (Wildman–Crippen MR) is 81.5 cm³/mol. The second-order valence-corrected chi connectivity index (χ2v) is 7.20. The van der Waals surface area contributed by atoms with Crippen LogP contribution in [0.15, 0.2) is 17.0 Å². The molecule has 1 aliphatic rings. The smallest absolute Gasteiger partial charge is 0.243 e. The maximum Gasteiger partial charge on any atom is 0.243 e. The minimum Gasteiger partial charge on any atom is -0.493 e. The molecule has 1 aliphatic heterocycles. The Morgan fingerprint density at radius 1 is 0.952 bits per heavy atom. The largest absolute Gasteiger partial charge is 0.493 e. The summed E-state index contributed by atoms with van der Waals surface area (Å²) in [6, 6.07) is 3.28. The number of nitrogens with zero attached hydrogens (tertiary/aromatic N) is 1. The molecule has 0 aromatic heterocycles. The Hall–Kier alpha value is -1.27. The monoisotopic (exact) mass is 313 g/mol. The summed E-state index contributed by atoms with van der Waals surface area (Å²) in [5, 5.41) is 0. The molecule has 2 rings (SSSR count). The number of ether oxygens (including phenoxy) is 2. The first-order chi connectivity index (χ1) is 10.0. The van der Waals surface area contributed by atoms with Crippen LogP contribution in [0.5, 0.6) is 11.5 Å². The van der Waals surface area contributed by atoms with Gasteiger partial charge in [-0.2, -0.15) is 4.31 Å². The average molecular weight is 313 g/mol. The van der Waals surface area contributed by atoms with E-state index in [0.717, 1.165) is 25.7 Å². The van der Waals surface area contributed by atoms with Gasteiger partial charge in [-0.25, -0.2) is 8.42 Å². The molecule has 1 fully saturated rings. The number of rotatable bonds is 4. The second-order valence-electron chi connectivity index (χ2n) is 5.29. The molecule has 118 valence electrons. The summed E-state index contributed by atoms with van der Waals surface area (Å²) in [5.41, 5.74) is 0.678. The lowest BCUT2D eigenvalue weighted by atomic mass is 10.2. The minimum atomic E-state index is -3.48. The van der Waals surface area contributed by atoms with E-state index in [1.165, 1.54) is 7.11 Å². The van der Waals surface area contributed by atoms with E-state index in [9.17, 15) is 8.42 Å². The first kappa shape index (κ1) is 16.1. The molecule has 1 aromatic carbocycles. The Bertz CT molecular complexity index is 590. The molecule has 0 N–H and O–H groups in total. The highest BCUT2D eigenvalue weighted by Gasteiger charge is 2.28. The minimum absolute atomic E-state index is 0.307. The fourth-order valence-electron chi connectivity index (χ4n) is 2.66. The van der Waals surface area contributed by atoms with Crippen molar-refractivity contribution in [3.05, 3.63) is 17.7 Å². The maximum absolute atomic E-state index is 12.9. The van der Waals surface area contributed by atoms with E-state index >= 15 is 0 Å². The Morgan fingerprint density at radius 2 is 1.48 bits per heavy atom. The van der Waals surface area contributed by atoms with Crippen molar-refractivity contribution in [3.63, 3.8) is 0 Å². The van der Waals surface area contributed by atoms with E-state index in [1.54, 1.807) is 30.5 Å². The van der Waals surface area contributed by atoms with Gasteiger partial charge < -0.3 is 9.47 Å². The molecule has 5 nitrogen and oxygen atoms in total. The Morgan fingerprint density at radius 3 is 2.00 bits per heavy atom. The molecular formula is C15H23NO4S. The highest BCUT2D eigenvalue weighted by Crippen LogP contribution is 2.34. The van der Waals surface area contributed by atoms with Crippen LogP contribution in [-0.2, 0) is 10.0 Å². The van der Waals surface area contributed by atoms with Crippen LogP contribution in [0.3, 0.4) is 0 Å². The summed E-state index contributed by atoms with van der Waals surface area (Å²) < 4.78 is 37.8. The van der Waals surface area contributed by atoms with Gasteiger partial charge in [-0.15, -0.1) is 0 Å². The quantitative estimate of drug-likeness (QED) is 0.857. The van der Waals surface area contributed by atoms with Crippen molar-refractivity contribution in [1.82, 2.24) is 4.31 Å². The normalized spacial score (nSPS) is 17.3. The van der Waals surface area contributed by atoms with Crippen LogP contribution < -0.4 is 9.47 Å². The van der Waals surface area contributed by atoms with Crippen molar-refractivity contribution >= 4 is 10.0 Å². The summed E-state index contributed by atoms with van der Waals surface area (Å²) in [5.74, 6) is 0.987. The van der Waals surface area contributed by atoms with Crippen molar-refractivity contribution in [2.24, 2.45) is 0 Å². The number of sulfonamides is 1. The summed E-state index contributed by atoms with van der Waals surface area (Å²) in [6.07, 6.45) is 4.03. The number of benzene rings is 1. The van der Waals surface area contributed by atoms with Gasteiger partial charge in [0, 0.05) is 19.2 Å². The number of methoxy groups -OCH3 is 2. The van der Waals surface area contributed by atoms with Crippen molar-refractivity contribution in [1.29, 1.82) is 0 Å². The number of hydrogen-bond acceptors (Lipinski definition) is 4. The lowest BCUT2D eigenvalue weighted by molar-refractivity contribution is 0.353. The van der Waals surface area contributed by atoms with Crippen LogP contribution in [-0.4, -0.2) is 40.0 Å². The summed E-state index contributed by atoms with van der Waals surface area (Å²) in [6.45, 7) is 2.97. The zero-order chi connectivity index (χ0) is 15.5. The molecular weight excluding hydrogens is 290 g/mol. The lowest BCUT2D eigenvalue weighted by Gasteiger charge is -2.22. The van der Waals surface area contributed by atoms with Gasteiger partial charge in [-0.3, -0.25) is 0 Å². The molecule has 0 aliphatic carbocycles. The lowest BCUT2D eigenvalue weighted by Crippen LogP contribution is -2.32. The van der Waals surface area contributed by atoms with Crippen LogP contribution in [0.2, 0.25) is 0 Å². The zero-order valence-corrected chi connectivity index (χ0v) is 13.7. The highest BCUT2D eigenvalue weighted by atomic mass is 32.2. The van der Waals surface area contributed by atoms with Gasteiger partial charge >= 0.3 is 0 Å². The fourth-order valence-corrected chi connectivity index (χ4v) is 4.40. The predicted octanol–water partition coefficient (Wildman–Crippen LogP) is 2.58. The molecule has 0 spiro atoms. The molecule has 0 saturated carbocycles.